The van der Waals surface area contributed by atoms with Crippen LogP contribution in [0.25, 0.3) is 0 Å². The first-order valence-corrected chi connectivity index (χ1v) is 8.17. The number of carbonyl (C=O) groups is 1. The number of fused-ring (bicyclic) bond motifs is 1. The lowest BCUT2D eigenvalue weighted by molar-refractivity contribution is 0.162. The SMILES string of the molecule is Cc1nn(C)c(C)c1CCNC(=O)N1CCn2cccc2[C@@H]1C. The number of aryl methyl sites for hydroxylation is 2. The fraction of sp³-hybridized carbons (Fsp3) is 0.529. The zero-order valence-corrected chi connectivity index (χ0v) is 14.3. The molecule has 0 bridgehead atoms. The molecule has 0 aliphatic carbocycles. The molecule has 1 aliphatic heterocycles. The standard InChI is InChI=1S/C17H25N5O/c1-12-15(13(2)20(4)19-12)7-8-18-17(23)22-11-10-21-9-5-6-16(21)14(22)3/h5-6,9,14H,7-8,10-11H2,1-4H3,(H,18,23)/t14-/m0/s1. The number of rotatable bonds is 3. The summed E-state index contributed by atoms with van der Waals surface area (Å²) in [5, 5.41) is 7.48. The van der Waals surface area contributed by atoms with Gasteiger partial charge >= 0.3 is 6.03 Å². The molecule has 0 saturated heterocycles. The molecule has 1 aliphatic rings. The molecule has 2 aromatic heterocycles. The molecule has 6 nitrogen and oxygen atoms in total. The van der Waals surface area contributed by atoms with E-state index in [1.165, 1.54) is 17.0 Å². The van der Waals surface area contributed by atoms with Gasteiger partial charge in [-0.2, -0.15) is 5.10 Å². The molecule has 3 heterocycles. The van der Waals surface area contributed by atoms with Crippen molar-refractivity contribution in [3.8, 4) is 0 Å². The Morgan fingerprint density at radius 2 is 2.17 bits per heavy atom. The van der Waals surface area contributed by atoms with Gasteiger partial charge in [0, 0.05) is 44.3 Å². The quantitative estimate of drug-likeness (QED) is 0.944. The summed E-state index contributed by atoms with van der Waals surface area (Å²) in [7, 11) is 1.95. The van der Waals surface area contributed by atoms with E-state index in [0.717, 1.165) is 25.2 Å². The second-order valence-electron chi connectivity index (χ2n) is 6.25. The maximum Gasteiger partial charge on any atom is 0.318 e. The van der Waals surface area contributed by atoms with Crippen LogP contribution in [0.1, 0.15) is 35.6 Å². The molecule has 0 spiro atoms. The summed E-state index contributed by atoms with van der Waals surface area (Å²) in [6.45, 7) is 8.42. The summed E-state index contributed by atoms with van der Waals surface area (Å²) < 4.78 is 4.12. The van der Waals surface area contributed by atoms with Crippen LogP contribution >= 0.6 is 0 Å². The third-order valence-electron chi connectivity index (χ3n) is 4.91. The number of nitrogens with zero attached hydrogens (tertiary/aromatic N) is 4. The Labute approximate surface area is 137 Å². The van der Waals surface area contributed by atoms with Crippen LogP contribution in [0.2, 0.25) is 0 Å². The molecule has 23 heavy (non-hydrogen) atoms. The molecular formula is C17H25N5O. The van der Waals surface area contributed by atoms with E-state index in [1.807, 2.05) is 29.6 Å². The van der Waals surface area contributed by atoms with Gasteiger partial charge in [-0.1, -0.05) is 0 Å². The number of aromatic nitrogens is 3. The van der Waals surface area contributed by atoms with Gasteiger partial charge in [0.2, 0.25) is 0 Å². The van der Waals surface area contributed by atoms with Crippen LogP contribution in [-0.4, -0.2) is 38.4 Å². The van der Waals surface area contributed by atoms with Crippen molar-refractivity contribution in [2.75, 3.05) is 13.1 Å². The minimum Gasteiger partial charge on any atom is -0.348 e. The van der Waals surface area contributed by atoms with Crippen LogP contribution in [0, 0.1) is 13.8 Å². The van der Waals surface area contributed by atoms with Gasteiger partial charge in [-0.05, 0) is 44.9 Å². The van der Waals surface area contributed by atoms with E-state index in [-0.39, 0.29) is 12.1 Å². The Morgan fingerprint density at radius 1 is 1.39 bits per heavy atom. The molecule has 6 heteroatoms. The first kappa shape index (κ1) is 15.6. The second kappa shape index (κ2) is 6.10. The smallest absolute Gasteiger partial charge is 0.318 e. The maximum atomic E-state index is 12.5. The summed E-state index contributed by atoms with van der Waals surface area (Å²) in [6, 6.07) is 4.26. The summed E-state index contributed by atoms with van der Waals surface area (Å²) in [5.41, 5.74) is 4.64. The molecule has 1 atom stereocenters. The Kier molecular flexibility index (Phi) is 4.15. The van der Waals surface area contributed by atoms with E-state index >= 15 is 0 Å². The monoisotopic (exact) mass is 315 g/mol. The number of urea groups is 1. The number of amides is 2. The van der Waals surface area contributed by atoms with Gasteiger partial charge in [0.25, 0.3) is 0 Å². The highest BCUT2D eigenvalue weighted by Crippen LogP contribution is 2.25. The van der Waals surface area contributed by atoms with E-state index in [4.69, 9.17) is 0 Å². The lowest BCUT2D eigenvalue weighted by atomic mass is 10.1. The minimum absolute atomic E-state index is 0.0177. The van der Waals surface area contributed by atoms with Crippen LogP contribution in [-0.2, 0) is 20.0 Å². The molecule has 0 fully saturated rings. The van der Waals surface area contributed by atoms with Crippen molar-refractivity contribution < 1.29 is 4.79 Å². The fourth-order valence-corrected chi connectivity index (χ4v) is 3.43. The highest BCUT2D eigenvalue weighted by Gasteiger charge is 2.27. The summed E-state index contributed by atoms with van der Waals surface area (Å²) in [4.78, 5) is 14.4. The first-order chi connectivity index (χ1) is 11.0. The maximum absolute atomic E-state index is 12.5. The molecular weight excluding hydrogens is 290 g/mol. The average molecular weight is 315 g/mol. The topological polar surface area (TPSA) is 55.1 Å². The summed E-state index contributed by atoms with van der Waals surface area (Å²) >= 11 is 0. The zero-order chi connectivity index (χ0) is 16.6. The highest BCUT2D eigenvalue weighted by molar-refractivity contribution is 5.74. The lowest BCUT2D eigenvalue weighted by Crippen LogP contribution is -2.46. The van der Waals surface area contributed by atoms with Gasteiger partial charge in [0.15, 0.2) is 0 Å². The second-order valence-corrected chi connectivity index (χ2v) is 6.25. The van der Waals surface area contributed by atoms with Gasteiger partial charge in [0.1, 0.15) is 0 Å². The first-order valence-electron chi connectivity index (χ1n) is 8.17. The Balaban J connectivity index is 1.58. The van der Waals surface area contributed by atoms with Gasteiger partial charge in [-0.15, -0.1) is 0 Å². The van der Waals surface area contributed by atoms with Gasteiger partial charge in [-0.25, -0.2) is 4.79 Å². The number of carbonyl (C=O) groups excluding carboxylic acids is 1. The molecule has 0 saturated carbocycles. The molecule has 0 aromatic carbocycles. The van der Waals surface area contributed by atoms with E-state index in [9.17, 15) is 4.79 Å². The largest absolute Gasteiger partial charge is 0.348 e. The Bertz CT molecular complexity index is 715. The van der Waals surface area contributed by atoms with Crippen molar-refractivity contribution in [1.29, 1.82) is 0 Å². The third kappa shape index (κ3) is 2.85. The van der Waals surface area contributed by atoms with Crippen molar-refractivity contribution in [2.24, 2.45) is 7.05 Å². The van der Waals surface area contributed by atoms with Gasteiger partial charge < -0.3 is 14.8 Å². The molecule has 1 N–H and O–H groups in total. The number of hydrogen-bond donors (Lipinski definition) is 1. The summed E-state index contributed by atoms with van der Waals surface area (Å²) in [5.74, 6) is 0. The number of nitrogens with one attached hydrogen (secondary N) is 1. The van der Waals surface area contributed by atoms with E-state index in [2.05, 4.69) is 41.1 Å². The summed E-state index contributed by atoms with van der Waals surface area (Å²) in [6.07, 6.45) is 2.89. The van der Waals surface area contributed by atoms with Crippen molar-refractivity contribution in [3.05, 3.63) is 41.0 Å². The molecule has 124 valence electrons. The average Bonchev–Trinajstić information content (AvgIpc) is 3.08. The molecule has 3 rings (SSSR count). The van der Waals surface area contributed by atoms with Crippen molar-refractivity contribution >= 4 is 6.03 Å². The van der Waals surface area contributed by atoms with Crippen LogP contribution in [0.5, 0.6) is 0 Å². The van der Waals surface area contributed by atoms with Crippen LogP contribution < -0.4 is 5.32 Å². The van der Waals surface area contributed by atoms with Gasteiger partial charge in [0.05, 0.1) is 11.7 Å². The van der Waals surface area contributed by atoms with Crippen molar-refractivity contribution in [2.45, 2.75) is 39.8 Å². The van der Waals surface area contributed by atoms with Crippen molar-refractivity contribution in [1.82, 2.24) is 24.6 Å². The van der Waals surface area contributed by atoms with E-state index < -0.39 is 0 Å². The fourth-order valence-electron chi connectivity index (χ4n) is 3.43. The molecule has 0 unspecified atom stereocenters. The molecule has 2 aromatic rings. The zero-order valence-electron chi connectivity index (χ0n) is 14.3. The minimum atomic E-state index is 0.0177. The van der Waals surface area contributed by atoms with Crippen LogP contribution in [0.4, 0.5) is 4.79 Å². The highest BCUT2D eigenvalue weighted by atomic mass is 16.2. The van der Waals surface area contributed by atoms with E-state index in [0.29, 0.717) is 6.54 Å². The normalized spacial score (nSPS) is 17.2. The lowest BCUT2D eigenvalue weighted by Gasteiger charge is -2.34. The van der Waals surface area contributed by atoms with Crippen LogP contribution in [0.15, 0.2) is 18.3 Å². The predicted octanol–water partition coefficient (Wildman–Crippen LogP) is 2.17. The molecule has 0 radical (unpaired) electrons. The molecule has 2 amide bonds. The Morgan fingerprint density at radius 3 is 2.87 bits per heavy atom. The third-order valence-corrected chi connectivity index (χ3v) is 4.91. The Hall–Kier alpha value is -2.24. The van der Waals surface area contributed by atoms with Crippen LogP contribution in [0.3, 0.4) is 0 Å². The van der Waals surface area contributed by atoms with Gasteiger partial charge in [-0.3, -0.25) is 4.68 Å². The predicted molar refractivity (Wildman–Crippen MR) is 89.3 cm³/mol. The van der Waals surface area contributed by atoms with Crippen molar-refractivity contribution in [3.63, 3.8) is 0 Å². The number of hydrogen-bond acceptors (Lipinski definition) is 2. The van der Waals surface area contributed by atoms with E-state index in [1.54, 1.807) is 0 Å².